The molecular formula is C16H17FN2O2. The molecule has 0 aliphatic heterocycles. The SMILES string of the molecule is CN(CCOc1ccccc1)C(=O)Nc1ccc(F)cc1. The monoisotopic (exact) mass is 288 g/mol. The highest BCUT2D eigenvalue weighted by Crippen LogP contribution is 2.10. The van der Waals surface area contributed by atoms with Gasteiger partial charge >= 0.3 is 6.03 Å². The number of ether oxygens (including phenoxy) is 1. The topological polar surface area (TPSA) is 41.6 Å². The lowest BCUT2D eigenvalue weighted by atomic mass is 10.3. The lowest BCUT2D eigenvalue weighted by Gasteiger charge is -2.18. The van der Waals surface area contributed by atoms with E-state index in [-0.39, 0.29) is 11.8 Å². The molecule has 0 saturated heterocycles. The second-order valence-corrected chi connectivity index (χ2v) is 4.52. The largest absolute Gasteiger partial charge is 0.492 e. The smallest absolute Gasteiger partial charge is 0.321 e. The van der Waals surface area contributed by atoms with E-state index in [2.05, 4.69) is 5.32 Å². The number of nitrogens with one attached hydrogen (secondary N) is 1. The zero-order valence-corrected chi connectivity index (χ0v) is 11.8. The fourth-order valence-electron chi connectivity index (χ4n) is 1.67. The lowest BCUT2D eigenvalue weighted by Crippen LogP contribution is -2.34. The molecule has 0 heterocycles. The zero-order chi connectivity index (χ0) is 15.1. The molecule has 5 heteroatoms. The number of nitrogens with zero attached hydrogens (tertiary/aromatic N) is 1. The van der Waals surface area contributed by atoms with Gasteiger partial charge in [0.2, 0.25) is 0 Å². The fourth-order valence-corrected chi connectivity index (χ4v) is 1.67. The van der Waals surface area contributed by atoms with Crippen LogP contribution in [0.5, 0.6) is 5.75 Å². The van der Waals surface area contributed by atoms with Gasteiger partial charge in [-0.05, 0) is 36.4 Å². The van der Waals surface area contributed by atoms with Crippen molar-refractivity contribution in [2.75, 3.05) is 25.5 Å². The van der Waals surface area contributed by atoms with E-state index >= 15 is 0 Å². The minimum atomic E-state index is -0.336. The molecule has 0 atom stereocenters. The van der Waals surface area contributed by atoms with Gasteiger partial charge in [-0.3, -0.25) is 0 Å². The quantitative estimate of drug-likeness (QED) is 0.916. The zero-order valence-electron chi connectivity index (χ0n) is 11.8. The van der Waals surface area contributed by atoms with Gasteiger partial charge in [-0.25, -0.2) is 9.18 Å². The molecule has 0 spiro atoms. The summed E-state index contributed by atoms with van der Waals surface area (Å²) < 4.78 is 18.3. The maximum absolute atomic E-state index is 12.8. The van der Waals surface area contributed by atoms with Crippen LogP contribution in [-0.2, 0) is 0 Å². The van der Waals surface area contributed by atoms with E-state index in [0.717, 1.165) is 5.75 Å². The molecule has 1 N–H and O–H groups in total. The van der Waals surface area contributed by atoms with E-state index in [1.54, 1.807) is 7.05 Å². The summed E-state index contributed by atoms with van der Waals surface area (Å²) in [6, 6.07) is 14.8. The first-order chi connectivity index (χ1) is 10.1. The van der Waals surface area contributed by atoms with Gasteiger partial charge in [0.05, 0.1) is 6.54 Å². The van der Waals surface area contributed by atoms with Crippen LogP contribution in [0.1, 0.15) is 0 Å². The maximum Gasteiger partial charge on any atom is 0.321 e. The molecule has 2 aromatic rings. The number of carbonyl (C=O) groups is 1. The summed E-state index contributed by atoms with van der Waals surface area (Å²) in [5, 5.41) is 2.68. The van der Waals surface area contributed by atoms with Crippen molar-refractivity contribution in [3.63, 3.8) is 0 Å². The molecule has 0 aliphatic rings. The Hall–Kier alpha value is -2.56. The van der Waals surface area contributed by atoms with Crippen LogP contribution in [-0.4, -0.2) is 31.1 Å². The normalized spacial score (nSPS) is 10.0. The van der Waals surface area contributed by atoms with Crippen molar-refractivity contribution in [3.8, 4) is 5.75 Å². The number of para-hydroxylation sites is 1. The molecule has 0 aromatic heterocycles. The number of halogens is 1. The molecule has 0 saturated carbocycles. The van der Waals surface area contributed by atoms with Crippen LogP contribution in [0.25, 0.3) is 0 Å². The molecule has 2 rings (SSSR count). The van der Waals surface area contributed by atoms with E-state index in [1.807, 2.05) is 30.3 Å². The molecule has 110 valence electrons. The third kappa shape index (κ3) is 4.80. The minimum Gasteiger partial charge on any atom is -0.492 e. The number of rotatable bonds is 5. The highest BCUT2D eigenvalue weighted by Gasteiger charge is 2.08. The molecule has 2 amide bonds. The number of likely N-dealkylation sites (N-methyl/N-ethyl adjacent to an activating group) is 1. The van der Waals surface area contributed by atoms with E-state index in [0.29, 0.717) is 18.8 Å². The second-order valence-electron chi connectivity index (χ2n) is 4.52. The van der Waals surface area contributed by atoms with E-state index in [1.165, 1.54) is 29.2 Å². The van der Waals surface area contributed by atoms with E-state index < -0.39 is 0 Å². The van der Waals surface area contributed by atoms with Crippen molar-refractivity contribution < 1.29 is 13.9 Å². The first kappa shape index (κ1) is 14.8. The van der Waals surface area contributed by atoms with Crippen LogP contribution < -0.4 is 10.1 Å². The van der Waals surface area contributed by atoms with Crippen molar-refractivity contribution >= 4 is 11.7 Å². The molecule has 21 heavy (non-hydrogen) atoms. The average molecular weight is 288 g/mol. The molecule has 0 aliphatic carbocycles. The van der Waals surface area contributed by atoms with Crippen LogP contribution in [0.4, 0.5) is 14.9 Å². The predicted molar refractivity (Wildman–Crippen MR) is 80.0 cm³/mol. The molecule has 4 nitrogen and oxygen atoms in total. The van der Waals surface area contributed by atoms with Gasteiger partial charge in [-0.2, -0.15) is 0 Å². The van der Waals surface area contributed by atoms with E-state index in [9.17, 15) is 9.18 Å². The van der Waals surface area contributed by atoms with Crippen molar-refractivity contribution in [3.05, 3.63) is 60.4 Å². The van der Waals surface area contributed by atoms with E-state index in [4.69, 9.17) is 4.74 Å². The first-order valence-corrected chi connectivity index (χ1v) is 6.61. The van der Waals surface area contributed by atoms with Gasteiger partial charge in [0.15, 0.2) is 0 Å². The second kappa shape index (κ2) is 7.28. The molecule has 0 bridgehead atoms. The van der Waals surface area contributed by atoms with Crippen molar-refractivity contribution in [1.82, 2.24) is 4.90 Å². The third-order valence-corrected chi connectivity index (χ3v) is 2.88. The lowest BCUT2D eigenvalue weighted by molar-refractivity contribution is 0.207. The Balaban J connectivity index is 1.76. The number of hydrogen-bond donors (Lipinski definition) is 1. The molecular weight excluding hydrogens is 271 g/mol. The molecule has 0 unspecified atom stereocenters. The Morgan fingerprint density at radius 1 is 1.14 bits per heavy atom. The van der Waals surface area contributed by atoms with Crippen LogP contribution >= 0.6 is 0 Å². The predicted octanol–water partition coefficient (Wildman–Crippen LogP) is 3.37. The third-order valence-electron chi connectivity index (χ3n) is 2.88. The van der Waals surface area contributed by atoms with Crippen molar-refractivity contribution in [2.45, 2.75) is 0 Å². The van der Waals surface area contributed by atoms with Gasteiger partial charge in [0.25, 0.3) is 0 Å². The number of urea groups is 1. The maximum atomic E-state index is 12.8. The van der Waals surface area contributed by atoms with Crippen LogP contribution in [0.3, 0.4) is 0 Å². The van der Waals surface area contributed by atoms with Gasteiger partial charge in [0, 0.05) is 12.7 Å². The van der Waals surface area contributed by atoms with Crippen LogP contribution in [0.2, 0.25) is 0 Å². The summed E-state index contributed by atoms with van der Waals surface area (Å²) in [5.74, 6) is 0.433. The Morgan fingerprint density at radius 2 is 1.81 bits per heavy atom. The summed E-state index contributed by atoms with van der Waals surface area (Å²) in [6.45, 7) is 0.847. The van der Waals surface area contributed by atoms with Gasteiger partial charge in [0.1, 0.15) is 18.2 Å². The van der Waals surface area contributed by atoms with Crippen LogP contribution in [0.15, 0.2) is 54.6 Å². The number of anilines is 1. The number of benzene rings is 2. The summed E-state index contributed by atoms with van der Waals surface area (Å²) >= 11 is 0. The Labute approximate surface area is 123 Å². The minimum absolute atomic E-state index is 0.265. The Kier molecular flexibility index (Phi) is 5.15. The Bertz CT molecular complexity index is 573. The molecule has 2 aromatic carbocycles. The van der Waals surface area contributed by atoms with Crippen LogP contribution in [0, 0.1) is 5.82 Å². The summed E-state index contributed by atoms with van der Waals surface area (Å²) in [5.41, 5.74) is 0.553. The van der Waals surface area contributed by atoms with Crippen molar-refractivity contribution in [2.24, 2.45) is 0 Å². The number of carbonyl (C=O) groups excluding carboxylic acids is 1. The highest BCUT2D eigenvalue weighted by atomic mass is 19.1. The van der Waals surface area contributed by atoms with Gasteiger partial charge in [-0.1, -0.05) is 18.2 Å². The van der Waals surface area contributed by atoms with Gasteiger partial charge in [-0.15, -0.1) is 0 Å². The summed E-state index contributed by atoms with van der Waals surface area (Å²) in [6.07, 6.45) is 0. The fraction of sp³-hybridized carbons (Fsp3) is 0.188. The average Bonchev–Trinajstić information content (AvgIpc) is 2.50. The highest BCUT2D eigenvalue weighted by molar-refractivity contribution is 5.89. The number of hydrogen-bond acceptors (Lipinski definition) is 2. The standard InChI is InChI=1S/C16H17FN2O2/c1-19(11-12-21-15-5-3-2-4-6-15)16(20)18-14-9-7-13(17)8-10-14/h2-10H,11-12H2,1H3,(H,18,20). The van der Waals surface area contributed by atoms with Gasteiger partial charge < -0.3 is 15.0 Å². The van der Waals surface area contributed by atoms with Crippen molar-refractivity contribution in [1.29, 1.82) is 0 Å². The summed E-state index contributed by atoms with van der Waals surface area (Å²) in [4.78, 5) is 13.4. The summed E-state index contributed by atoms with van der Waals surface area (Å²) in [7, 11) is 1.67. The Morgan fingerprint density at radius 3 is 2.48 bits per heavy atom. The number of amides is 2. The molecule has 0 fully saturated rings. The molecule has 0 radical (unpaired) electrons. The first-order valence-electron chi connectivity index (χ1n) is 6.61.